The fourth-order valence-electron chi connectivity index (χ4n) is 5.13. The second-order valence-electron chi connectivity index (χ2n) is 9.46. The Morgan fingerprint density at radius 1 is 0.921 bits per heavy atom. The summed E-state index contributed by atoms with van der Waals surface area (Å²) in [6.07, 6.45) is -14.0. The van der Waals surface area contributed by atoms with E-state index in [0.29, 0.717) is 30.2 Å². The van der Waals surface area contributed by atoms with E-state index in [9.17, 15) is 49.4 Å². The number of aliphatic carboxylic acids is 1. The molecule has 2 aromatic rings. The molecule has 0 amide bonds. The summed E-state index contributed by atoms with van der Waals surface area (Å²) in [6, 6.07) is 3.36. The Bertz CT molecular complexity index is 1110. The van der Waals surface area contributed by atoms with Crippen LogP contribution in [0.1, 0.15) is 78.9 Å². The number of hydrogen-bond acceptors (Lipinski definition) is 2. The molecule has 0 unspecified atom stereocenters. The lowest BCUT2D eigenvalue weighted by Gasteiger charge is -2.45. The summed E-state index contributed by atoms with van der Waals surface area (Å²) in [7, 11) is 0. The van der Waals surface area contributed by atoms with E-state index < -0.39 is 64.8 Å². The zero-order valence-corrected chi connectivity index (χ0v) is 20.2. The highest BCUT2D eigenvalue weighted by atomic mass is 19.4. The highest BCUT2D eigenvalue weighted by molar-refractivity contribution is 5.67. The van der Waals surface area contributed by atoms with Crippen LogP contribution in [0.15, 0.2) is 42.5 Å². The highest BCUT2D eigenvalue weighted by Gasteiger charge is 2.42. The average molecular weight is 555 g/mol. The van der Waals surface area contributed by atoms with E-state index in [-0.39, 0.29) is 32.2 Å². The quantitative estimate of drug-likeness (QED) is 0.348. The monoisotopic (exact) mass is 555 g/mol. The summed E-state index contributed by atoms with van der Waals surface area (Å²) < 4.78 is 122. The van der Waals surface area contributed by atoms with Gasteiger partial charge in [0.25, 0.3) is 0 Å². The van der Waals surface area contributed by atoms with E-state index in [1.165, 1.54) is 12.1 Å². The summed E-state index contributed by atoms with van der Waals surface area (Å²) >= 11 is 0. The Morgan fingerprint density at radius 2 is 1.50 bits per heavy atom. The zero-order valence-electron chi connectivity index (χ0n) is 20.2. The molecular weight excluding hydrogens is 529 g/mol. The molecule has 1 fully saturated rings. The molecule has 1 N–H and O–H groups in total. The van der Waals surface area contributed by atoms with Crippen molar-refractivity contribution in [2.75, 3.05) is 6.54 Å². The van der Waals surface area contributed by atoms with Gasteiger partial charge in [-0.1, -0.05) is 25.5 Å². The SMILES string of the molecule is CCC[C@H](c1cc(C(F)(F)F)ccc1C(F)(F)F)N1CC[C@H](CC(=O)O)C[C@@H]1c1ccc(C(F)(F)F)cc1. The van der Waals surface area contributed by atoms with E-state index in [2.05, 4.69) is 0 Å². The molecule has 1 aliphatic rings. The van der Waals surface area contributed by atoms with Gasteiger partial charge >= 0.3 is 24.5 Å². The predicted octanol–water partition coefficient (Wildman–Crippen LogP) is 8.51. The molecule has 0 bridgehead atoms. The molecule has 0 spiro atoms. The molecule has 3 nitrogen and oxygen atoms in total. The number of alkyl halides is 9. The van der Waals surface area contributed by atoms with Crippen molar-refractivity contribution >= 4 is 5.97 Å². The van der Waals surface area contributed by atoms with Crippen molar-refractivity contribution in [2.24, 2.45) is 5.92 Å². The Balaban J connectivity index is 2.14. The van der Waals surface area contributed by atoms with Gasteiger partial charge in [-0.25, -0.2) is 0 Å². The van der Waals surface area contributed by atoms with Crippen LogP contribution in [0, 0.1) is 5.92 Å². The van der Waals surface area contributed by atoms with Gasteiger partial charge in [-0.15, -0.1) is 0 Å². The summed E-state index contributed by atoms with van der Waals surface area (Å²) in [5.74, 6) is -1.51. The number of carbonyl (C=O) groups is 1. The first-order valence-electron chi connectivity index (χ1n) is 11.9. The van der Waals surface area contributed by atoms with Gasteiger partial charge in [0.1, 0.15) is 0 Å². The third kappa shape index (κ3) is 7.00. The van der Waals surface area contributed by atoms with Gasteiger partial charge < -0.3 is 5.11 Å². The van der Waals surface area contributed by atoms with Crippen LogP contribution in [0.2, 0.25) is 0 Å². The predicted molar refractivity (Wildman–Crippen MR) is 120 cm³/mol. The van der Waals surface area contributed by atoms with Crippen LogP contribution in [0.4, 0.5) is 39.5 Å². The Labute approximate surface area is 213 Å². The number of carboxylic acid groups (broad SMARTS) is 1. The highest BCUT2D eigenvalue weighted by Crippen LogP contribution is 2.47. The van der Waals surface area contributed by atoms with Crippen LogP contribution in [0.25, 0.3) is 0 Å². The summed E-state index contributed by atoms with van der Waals surface area (Å²) in [6.45, 7) is 1.72. The first-order valence-corrected chi connectivity index (χ1v) is 11.9. The maximum absolute atomic E-state index is 14.0. The fourth-order valence-corrected chi connectivity index (χ4v) is 5.13. The molecule has 0 saturated carbocycles. The normalized spacial score (nSPS) is 20.4. The molecular formula is C26H26F9NO2. The van der Waals surface area contributed by atoms with Crippen LogP contribution in [-0.4, -0.2) is 22.5 Å². The third-order valence-electron chi connectivity index (χ3n) is 6.84. The van der Waals surface area contributed by atoms with Crippen LogP contribution in [-0.2, 0) is 23.3 Å². The summed E-state index contributed by atoms with van der Waals surface area (Å²) in [5, 5.41) is 9.25. The van der Waals surface area contributed by atoms with Gasteiger partial charge in [-0.3, -0.25) is 9.69 Å². The number of benzene rings is 2. The standard InChI is InChI=1S/C26H26F9NO2/c1-2-3-21(19-14-18(25(30,31)32)8-9-20(19)26(33,34)35)36-11-10-15(13-23(37)38)12-22(36)16-4-6-17(7-5-16)24(27,28)29/h4-9,14-15,21-22H,2-3,10-13H2,1H3,(H,37,38)/t15-,21+,22+/m0/s1. The van der Waals surface area contributed by atoms with Crippen molar-refractivity contribution in [1.29, 1.82) is 0 Å². The topological polar surface area (TPSA) is 40.5 Å². The Hall–Kier alpha value is -2.76. The maximum Gasteiger partial charge on any atom is 0.416 e. The minimum Gasteiger partial charge on any atom is -0.481 e. The minimum absolute atomic E-state index is 0.0467. The van der Waals surface area contributed by atoms with Gasteiger partial charge in [0, 0.05) is 18.5 Å². The largest absolute Gasteiger partial charge is 0.481 e. The molecule has 0 radical (unpaired) electrons. The molecule has 2 aromatic carbocycles. The minimum atomic E-state index is -4.95. The fraction of sp³-hybridized carbons (Fsp3) is 0.500. The zero-order chi connectivity index (χ0) is 28.5. The number of likely N-dealkylation sites (tertiary alicyclic amines) is 1. The van der Waals surface area contributed by atoms with Crippen molar-refractivity contribution in [3.05, 3.63) is 70.3 Å². The lowest BCUT2D eigenvalue weighted by molar-refractivity contribution is -0.142. The van der Waals surface area contributed by atoms with Crippen molar-refractivity contribution in [1.82, 2.24) is 4.90 Å². The molecule has 3 atom stereocenters. The van der Waals surface area contributed by atoms with Crippen molar-refractivity contribution in [2.45, 2.75) is 69.6 Å². The van der Waals surface area contributed by atoms with Crippen LogP contribution >= 0.6 is 0 Å². The summed E-state index contributed by atoms with van der Waals surface area (Å²) in [5.41, 5.74) is -3.65. The van der Waals surface area contributed by atoms with E-state index >= 15 is 0 Å². The van der Waals surface area contributed by atoms with Crippen molar-refractivity contribution < 1.29 is 49.4 Å². The van der Waals surface area contributed by atoms with E-state index in [4.69, 9.17) is 0 Å². The van der Waals surface area contributed by atoms with Gasteiger partial charge in [0.2, 0.25) is 0 Å². The van der Waals surface area contributed by atoms with Crippen LogP contribution in [0.5, 0.6) is 0 Å². The molecule has 0 aliphatic carbocycles. The molecule has 0 aromatic heterocycles. The Kier molecular flexibility index (Phi) is 8.74. The molecule has 1 heterocycles. The number of halogens is 9. The van der Waals surface area contributed by atoms with Gasteiger partial charge in [-0.2, -0.15) is 39.5 Å². The number of nitrogens with zero attached hydrogens (tertiary/aromatic N) is 1. The van der Waals surface area contributed by atoms with Crippen LogP contribution < -0.4 is 0 Å². The molecule has 3 rings (SSSR count). The summed E-state index contributed by atoms with van der Waals surface area (Å²) in [4.78, 5) is 12.9. The van der Waals surface area contributed by atoms with Gasteiger partial charge in [0.05, 0.1) is 16.7 Å². The number of piperidine rings is 1. The third-order valence-corrected chi connectivity index (χ3v) is 6.84. The Morgan fingerprint density at radius 3 is 2.00 bits per heavy atom. The molecule has 1 aliphatic heterocycles. The second kappa shape index (κ2) is 11.2. The van der Waals surface area contributed by atoms with Gasteiger partial charge in [0.15, 0.2) is 0 Å². The smallest absolute Gasteiger partial charge is 0.416 e. The van der Waals surface area contributed by atoms with E-state index in [1.807, 2.05) is 0 Å². The average Bonchev–Trinajstić information content (AvgIpc) is 2.80. The second-order valence-corrected chi connectivity index (χ2v) is 9.46. The lowest BCUT2D eigenvalue weighted by Crippen LogP contribution is -2.40. The van der Waals surface area contributed by atoms with Crippen molar-refractivity contribution in [3.63, 3.8) is 0 Å². The first kappa shape index (κ1) is 29.8. The lowest BCUT2D eigenvalue weighted by atomic mass is 9.82. The van der Waals surface area contributed by atoms with Crippen molar-refractivity contribution in [3.8, 4) is 0 Å². The van der Waals surface area contributed by atoms with Gasteiger partial charge in [-0.05, 0) is 73.2 Å². The number of carboxylic acids is 1. The molecule has 38 heavy (non-hydrogen) atoms. The number of rotatable bonds is 7. The molecule has 1 saturated heterocycles. The number of hydrogen-bond donors (Lipinski definition) is 1. The van der Waals surface area contributed by atoms with E-state index in [1.54, 1.807) is 11.8 Å². The first-order chi connectivity index (χ1) is 17.5. The maximum atomic E-state index is 14.0. The molecule has 12 heteroatoms. The van der Waals surface area contributed by atoms with E-state index in [0.717, 1.165) is 12.1 Å². The van der Waals surface area contributed by atoms with Crippen LogP contribution in [0.3, 0.4) is 0 Å². The molecule has 210 valence electrons.